The summed E-state index contributed by atoms with van der Waals surface area (Å²) in [6.45, 7) is 2.51. The maximum Gasteiger partial charge on any atom is 0.317 e. The fraction of sp³-hybridized carbons (Fsp3) is 0.600. The first-order chi connectivity index (χ1) is 14.0. The van der Waals surface area contributed by atoms with Gasteiger partial charge in [-0.2, -0.15) is 0 Å². The van der Waals surface area contributed by atoms with Crippen LogP contribution >= 0.6 is 0 Å². The second-order valence-electron chi connectivity index (χ2n) is 7.42. The van der Waals surface area contributed by atoms with E-state index in [4.69, 9.17) is 9.47 Å². The van der Waals surface area contributed by atoms with E-state index in [-0.39, 0.29) is 24.9 Å². The van der Waals surface area contributed by atoms with Gasteiger partial charge in [0.15, 0.2) is 0 Å². The molecule has 1 aromatic carbocycles. The van der Waals surface area contributed by atoms with Crippen LogP contribution in [0.2, 0.25) is 0 Å². The molecule has 3 rings (SSSR count). The molecule has 3 amide bonds. The smallest absolute Gasteiger partial charge is 0.317 e. The van der Waals surface area contributed by atoms with E-state index < -0.39 is 24.4 Å². The van der Waals surface area contributed by atoms with Gasteiger partial charge in [-0.15, -0.1) is 0 Å². The number of aliphatic hydroxyl groups excluding tert-OH is 2. The van der Waals surface area contributed by atoms with Gasteiger partial charge >= 0.3 is 6.03 Å². The number of hydrogen-bond donors (Lipinski definition) is 3. The molecule has 1 aromatic rings. The van der Waals surface area contributed by atoms with Gasteiger partial charge < -0.3 is 34.8 Å². The van der Waals surface area contributed by atoms with Crippen molar-refractivity contribution in [2.24, 2.45) is 0 Å². The summed E-state index contributed by atoms with van der Waals surface area (Å²) in [5.74, 6) is -0.192. The highest BCUT2D eigenvalue weighted by atomic mass is 16.5. The van der Waals surface area contributed by atoms with Crippen molar-refractivity contribution in [1.82, 2.24) is 15.1 Å². The number of urea groups is 1. The van der Waals surface area contributed by atoms with Gasteiger partial charge in [-0.1, -0.05) is 30.3 Å². The fourth-order valence-corrected chi connectivity index (χ4v) is 3.50. The lowest BCUT2D eigenvalue weighted by atomic mass is 10.0. The summed E-state index contributed by atoms with van der Waals surface area (Å²) in [4.78, 5) is 27.9. The molecule has 2 aliphatic rings. The summed E-state index contributed by atoms with van der Waals surface area (Å²) >= 11 is 0. The van der Waals surface area contributed by atoms with E-state index in [1.165, 1.54) is 0 Å². The molecule has 0 bridgehead atoms. The van der Waals surface area contributed by atoms with Crippen LogP contribution in [0.5, 0.6) is 0 Å². The molecular formula is C20H29N3O6. The molecule has 2 aliphatic heterocycles. The molecule has 9 heteroatoms. The molecule has 0 radical (unpaired) electrons. The second kappa shape index (κ2) is 10.0. The monoisotopic (exact) mass is 407 g/mol. The van der Waals surface area contributed by atoms with E-state index >= 15 is 0 Å². The van der Waals surface area contributed by atoms with Gasteiger partial charge in [-0.3, -0.25) is 4.79 Å². The van der Waals surface area contributed by atoms with E-state index in [0.717, 1.165) is 5.56 Å². The van der Waals surface area contributed by atoms with Crippen LogP contribution in [0.15, 0.2) is 30.3 Å². The van der Waals surface area contributed by atoms with E-state index in [0.29, 0.717) is 32.8 Å². The fourth-order valence-electron chi connectivity index (χ4n) is 3.50. The molecule has 9 nitrogen and oxygen atoms in total. The lowest BCUT2D eigenvalue weighted by Crippen LogP contribution is -2.49. The van der Waals surface area contributed by atoms with Crippen LogP contribution < -0.4 is 5.32 Å². The SMILES string of the molecule is CN(Cc1ccccc1)C(=O)C[C@@H]1O[C@H](CNC(=O)N2CCOCC2)[C@@H](O)[C@H]1O. The van der Waals surface area contributed by atoms with Crippen LogP contribution in [-0.2, 0) is 20.8 Å². The summed E-state index contributed by atoms with van der Waals surface area (Å²) in [6.07, 6.45) is -3.99. The van der Waals surface area contributed by atoms with Crippen LogP contribution in [-0.4, -0.2) is 96.3 Å². The number of ether oxygens (including phenoxy) is 2. The lowest BCUT2D eigenvalue weighted by molar-refractivity contribution is -0.134. The number of carbonyl (C=O) groups excluding carboxylic acids is 2. The minimum Gasteiger partial charge on any atom is -0.388 e. The molecule has 2 fully saturated rings. The summed E-state index contributed by atoms with van der Waals surface area (Å²) in [5.41, 5.74) is 1.000. The van der Waals surface area contributed by atoms with Crippen molar-refractivity contribution in [3.05, 3.63) is 35.9 Å². The standard InChI is InChI=1S/C20H29N3O6/c1-22(13-14-5-3-2-4-6-14)17(24)11-15-18(25)19(26)16(29-15)12-21-20(27)23-7-9-28-10-8-23/h2-6,15-16,18-19,25-26H,7-13H2,1H3,(H,21,27)/t15-,16+,18-,19+/m0/s1. The molecule has 160 valence electrons. The Kier molecular flexibility index (Phi) is 7.43. The summed E-state index contributed by atoms with van der Waals surface area (Å²) in [6, 6.07) is 9.32. The Balaban J connectivity index is 1.47. The van der Waals surface area contributed by atoms with Crippen LogP contribution in [0.1, 0.15) is 12.0 Å². The molecule has 0 saturated carbocycles. The molecule has 2 saturated heterocycles. The molecule has 0 aromatic heterocycles. The molecule has 0 aliphatic carbocycles. The van der Waals surface area contributed by atoms with Crippen molar-refractivity contribution in [2.45, 2.75) is 37.4 Å². The summed E-state index contributed by atoms with van der Waals surface area (Å²) < 4.78 is 10.9. The Labute approximate surface area is 170 Å². The van der Waals surface area contributed by atoms with Gasteiger partial charge in [-0.05, 0) is 5.56 Å². The Bertz CT molecular complexity index is 682. The van der Waals surface area contributed by atoms with Crippen LogP contribution in [0.4, 0.5) is 4.79 Å². The van der Waals surface area contributed by atoms with Crippen molar-refractivity contribution in [3.63, 3.8) is 0 Å². The highest BCUT2D eigenvalue weighted by Gasteiger charge is 2.43. The van der Waals surface area contributed by atoms with Gasteiger partial charge in [0.1, 0.15) is 18.3 Å². The number of rotatable bonds is 6. The minimum atomic E-state index is -1.19. The quantitative estimate of drug-likeness (QED) is 0.590. The molecule has 3 N–H and O–H groups in total. The Morgan fingerprint density at radius 1 is 1.14 bits per heavy atom. The van der Waals surface area contributed by atoms with Crippen LogP contribution in [0.25, 0.3) is 0 Å². The second-order valence-corrected chi connectivity index (χ2v) is 7.42. The van der Waals surface area contributed by atoms with Gasteiger partial charge in [0, 0.05) is 33.2 Å². The predicted octanol–water partition coefficient (Wildman–Crippen LogP) is -0.434. The van der Waals surface area contributed by atoms with Crippen molar-refractivity contribution in [2.75, 3.05) is 39.9 Å². The highest BCUT2D eigenvalue weighted by molar-refractivity contribution is 5.76. The molecule has 0 spiro atoms. The normalized spacial score (nSPS) is 26.9. The Morgan fingerprint density at radius 2 is 1.79 bits per heavy atom. The summed E-state index contributed by atoms with van der Waals surface area (Å²) in [7, 11) is 1.69. The number of benzene rings is 1. The van der Waals surface area contributed by atoms with Gasteiger partial charge in [0.2, 0.25) is 5.91 Å². The maximum absolute atomic E-state index is 12.5. The average Bonchev–Trinajstić information content (AvgIpc) is 3.01. The van der Waals surface area contributed by atoms with Gasteiger partial charge in [0.25, 0.3) is 0 Å². The zero-order valence-corrected chi connectivity index (χ0v) is 16.6. The number of hydrogen-bond acceptors (Lipinski definition) is 6. The minimum absolute atomic E-state index is 0.0462. The number of amides is 3. The first-order valence-electron chi connectivity index (χ1n) is 9.85. The van der Waals surface area contributed by atoms with Gasteiger partial charge in [-0.25, -0.2) is 4.79 Å². The molecular weight excluding hydrogens is 378 g/mol. The Hall–Kier alpha value is -2.20. The highest BCUT2D eigenvalue weighted by Crippen LogP contribution is 2.24. The van der Waals surface area contributed by atoms with Crippen molar-refractivity contribution in [1.29, 1.82) is 0 Å². The summed E-state index contributed by atoms with van der Waals surface area (Å²) in [5, 5.41) is 23.2. The number of nitrogens with one attached hydrogen (secondary N) is 1. The zero-order valence-electron chi connectivity index (χ0n) is 16.6. The number of morpholine rings is 1. The largest absolute Gasteiger partial charge is 0.388 e. The lowest BCUT2D eigenvalue weighted by Gasteiger charge is -2.27. The zero-order chi connectivity index (χ0) is 20.8. The number of nitrogens with zero attached hydrogens (tertiary/aromatic N) is 2. The first-order valence-corrected chi connectivity index (χ1v) is 9.85. The van der Waals surface area contributed by atoms with Crippen LogP contribution in [0, 0.1) is 0 Å². The predicted molar refractivity (Wildman–Crippen MR) is 104 cm³/mol. The van der Waals surface area contributed by atoms with Crippen molar-refractivity contribution >= 4 is 11.9 Å². The molecule has 4 atom stereocenters. The van der Waals surface area contributed by atoms with Crippen molar-refractivity contribution in [3.8, 4) is 0 Å². The van der Waals surface area contributed by atoms with Crippen molar-refractivity contribution < 1.29 is 29.3 Å². The number of aliphatic hydroxyl groups is 2. The number of carbonyl (C=O) groups is 2. The average molecular weight is 407 g/mol. The Morgan fingerprint density at radius 3 is 2.48 bits per heavy atom. The maximum atomic E-state index is 12.5. The molecule has 29 heavy (non-hydrogen) atoms. The first kappa shape index (κ1) is 21.5. The third-order valence-corrected chi connectivity index (χ3v) is 5.28. The van der Waals surface area contributed by atoms with Gasteiger partial charge in [0.05, 0.1) is 25.7 Å². The van der Waals surface area contributed by atoms with E-state index in [2.05, 4.69) is 5.32 Å². The van der Waals surface area contributed by atoms with Crippen LogP contribution in [0.3, 0.4) is 0 Å². The molecule has 0 unspecified atom stereocenters. The van der Waals surface area contributed by atoms with E-state index in [1.54, 1.807) is 16.8 Å². The third kappa shape index (κ3) is 5.66. The van der Waals surface area contributed by atoms with E-state index in [9.17, 15) is 19.8 Å². The third-order valence-electron chi connectivity index (χ3n) is 5.28. The van der Waals surface area contributed by atoms with E-state index in [1.807, 2.05) is 30.3 Å². The molecule has 2 heterocycles. The topological polar surface area (TPSA) is 112 Å².